The first-order valence-electron chi connectivity index (χ1n) is 11.5. The van der Waals surface area contributed by atoms with Crippen LogP contribution in [0.5, 0.6) is 0 Å². The van der Waals surface area contributed by atoms with Gasteiger partial charge in [-0.15, -0.1) is 0 Å². The molecule has 0 aromatic rings. The number of hydrogen-bond donors (Lipinski definition) is 0. The molecule has 0 aromatic carbocycles. The highest BCUT2D eigenvalue weighted by molar-refractivity contribution is 4.87. The summed E-state index contributed by atoms with van der Waals surface area (Å²) in [5.74, 6) is 0. The third kappa shape index (κ3) is 12.9. The van der Waals surface area contributed by atoms with Crippen molar-refractivity contribution < 1.29 is 13.7 Å². The molecular formula is C24H54N2O+2. The molecule has 0 bridgehead atoms. The molecular weight excluding hydrogens is 332 g/mol. The highest BCUT2D eigenvalue weighted by Gasteiger charge is 2.37. The molecule has 0 atom stereocenters. The van der Waals surface area contributed by atoms with Gasteiger partial charge in [0.2, 0.25) is 0 Å². The number of unbranched alkanes of at least 4 members (excludes halogenated alkanes) is 4. The average Bonchev–Trinajstić information content (AvgIpc) is 2.49. The van der Waals surface area contributed by atoms with E-state index in [0.717, 1.165) is 22.0 Å². The summed E-state index contributed by atoms with van der Waals surface area (Å²) >= 11 is 0. The summed E-state index contributed by atoms with van der Waals surface area (Å²) in [6, 6.07) is 0. The molecule has 0 spiro atoms. The molecule has 0 saturated carbocycles. The quantitative estimate of drug-likeness (QED) is 0.243. The number of hydrogen-bond acceptors (Lipinski definition) is 1. The predicted octanol–water partition coefficient (Wildman–Crippen LogP) is 5.73. The van der Waals surface area contributed by atoms with Gasteiger partial charge in [0.05, 0.1) is 67.1 Å². The van der Waals surface area contributed by atoms with Crippen LogP contribution in [0.2, 0.25) is 0 Å². The lowest BCUT2D eigenvalue weighted by atomic mass is 9.73. The zero-order chi connectivity index (χ0) is 21.2. The van der Waals surface area contributed by atoms with Crippen LogP contribution in [0.25, 0.3) is 0 Å². The minimum Gasteiger partial charge on any atom is -0.375 e. The fraction of sp³-hybridized carbons (Fsp3) is 1.00. The van der Waals surface area contributed by atoms with Crippen molar-refractivity contribution in [3.05, 3.63) is 0 Å². The van der Waals surface area contributed by atoms with Gasteiger partial charge >= 0.3 is 0 Å². The van der Waals surface area contributed by atoms with E-state index in [1.165, 1.54) is 64.6 Å². The first kappa shape index (κ1) is 26.9. The standard InChI is InChI=1S/C24H54N2O/c1-11-12-13-14-15-18-23(2,3)24(4,5)27-22-17-21-26(9,10)20-16-19-25(6,7)8/h11-22H2,1-10H3/q+2. The van der Waals surface area contributed by atoms with Gasteiger partial charge in [-0.1, -0.05) is 52.9 Å². The average molecular weight is 387 g/mol. The maximum absolute atomic E-state index is 6.41. The van der Waals surface area contributed by atoms with Gasteiger partial charge in [0.1, 0.15) is 0 Å². The predicted molar refractivity (Wildman–Crippen MR) is 121 cm³/mol. The van der Waals surface area contributed by atoms with E-state index in [4.69, 9.17) is 4.74 Å². The van der Waals surface area contributed by atoms with E-state index in [-0.39, 0.29) is 11.0 Å². The van der Waals surface area contributed by atoms with E-state index in [1.807, 2.05) is 0 Å². The molecule has 164 valence electrons. The lowest BCUT2D eigenvalue weighted by Gasteiger charge is -2.42. The highest BCUT2D eigenvalue weighted by atomic mass is 16.5. The van der Waals surface area contributed by atoms with E-state index in [2.05, 4.69) is 69.9 Å². The van der Waals surface area contributed by atoms with Crippen molar-refractivity contribution >= 4 is 0 Å². The Morgan fingerprint density at radius 3 is 1.78 bits per heavy atom. The Balaban J connectivity index is 4.17. The van der Waals surface area contributed by atoms with Crippen LogP contribution < -0.4 is 0 Å². The zero-order valence-corrected chi connectivity index (χ0v) is 20.8. The second kappa shape index (κ2) is 11.8. The lowest BCUT2D eigenvalue weighted by molar-refractivity contribution is -0.902. The molecule has 0 aliphatic rings. The van der Waals surface area contributed by atoms with Gasteiger partial charge in [-0.3, -0.25) is 0 Å². The molecule has 0 rings (SSSR count). The Labute approximate surface area is 172 Å². The number of quaternary nitrogens is 2. The number of ether oxygens (including phenoxy) is 1. The lowest BCUT2D eigenvalue weighted by Crippen LogP contribution is -2.45. The Morgan fingerprint density at radius 1 is 0.667 bits per heavy atom. The van der Waals surface area contributed by atoms with Gasteiger partial charge in [-0.25, -0.2) is 0 Å². The third-order valence-electron chi connectivity index (χ3n) is 6.50. The summed E-state index contributed by atoms with van der Waals surface area (Å²) in [6.45, 7) is 16.2. The summed E-state index contributed by atoms with van der Waals surface area (Å²) in [6.07, 6.45) is 10.5. The van der Waals surface area contributed by atoms with E-state index in [0.29, 0.717) is 0 Å². The maximum Gasteiger partial charge on any atom is 0.0836 e. The Morgan fingerprint density at radius 2 is 1.22 bits per heavy atom. The fourth-order valence-electron chi connectivity index (χ4n) is 3.57. The number of rotatable bonds is 16. The molecule has 0 unspecified atom stereocenters. The van der Waals surface area contributed by atoms with Crippen LogP contribution in [0.4, 0.5) is 0 Å². The van der Waals surface area contributed by atoms with Crippen molar-refractivity contribution in [2.45, 2.75) is 91.6 Å². The molecule has 0 aliphatic carbocycles. The second-order valence-corrected chi connectivity index (χ2v) is 11.5. The summed E-state index contributed by atoms with van der Waals surface area (Å²) in [7, 11) is 11.6. The molecule has 0 heterocycles. The summed E-state index contributed by atoms with van der Waals surface area (Å²) < 4.78 is 8.58. The van der Waals surface area contributed by atoms with Gasteiger partial charge < -0.3 is 13.7 Å². The van der Waals surface area contributed by atoms with Gasteiger partial charge in [-0.05, 0) is 25.7 Å². The first-order valence-corrected chi connectivity index (χ1v) is 11.5. The van der Waals surface area contributed by atoms with Crippen LogP contribution in [-0.2, 0) is 4.74 Å². The van der Waals surface area contributed by atoms with Crippen LogP contribution in [0.15, 0.2) is 0 Å². The minimum absolute atomic E-state index is 0.0569. The van der Waals surface area contributed by atoms with Crippen LogP contribution in [-0.4, -0.2) is 76.0 Å². The van der Waals surface area contributed by atoms with Crippen molar-refractivity contribution in [2.75, 3.05) is 61.5 Å². The minimum atomic E-state index is -0.0569. The van der Waals surface area contributed by atoms with Crippen LogP contribution in [0, 0.1) is 5.41 Å². The molecule has 0 fully saturated rings. The highest BCUT2D eigenvalue weighted by Crippen LogP contribution is 2.38. The van der Waals surface area contributed by atoms with Gasteiger partial charge in [-0.2, -0.15) is 0 Å². The topological polar surface area (TPSA) is 9.23 Å². The SMILES string of the molecule is CCCCCCCC(C)(C)C(C)(C)OCCC[N+](C)(C)CCC[N+](C)(C)C. The van der Waals surface area contributed by atoms with E-state index >= 15 is 0 Å². The van der Waals surface area contributed by atoms with Crippen molar-refractivity contribution in [2.24, 2.45) is 5.41 Å². The van der Waals surface area contributed by atoms with Crippen molar-refractivity contribution in [1.82, 2.24) is 0 Å². The zero-order valence-electron chi connectivity index (χ0n) is 20.8. The Kier molecular flexibility index (Phi) is 11.7. The van der Waals surface area contributed by atoms with Crippen molar-refractivity contribution in [3.63, 3.8) is 0 Å². The third-order valence-corrected chi connectivity index (χ3v) is 6.50. The van der Waals surface area contributed by atoms with E-state index < -0.39 is 0 Å². The molecule has 0 saturated heterocycles. The smallest absolute Gasteiger partial charge is 0.0836 e. The van der Waals surface area contributed by atoms with Gasteiger partial charge in [0, 0.05) is 12.8 Å². The summed E-state index contributed by atoms with van der Waals surface area (Å²) in [4.78, 5) is 0. The largest absolute Gasteiger partial charge is 0.375 e. The summed E-state index contributed by atoms with van der Waals surface area (Å²) in [5, 5.41) is 0. The Hall–Kier alpha value is -0.120. The van der Waals surface area contributed by atoms with Gasteiger partial charge in [0.25, 0.3) is 0 Å². The van der Waals surface area contributed by atoms with Crippen molar-refractivity contribution in [3.8, 4) is 0 Å². The maximum atomic E-state index is 6.41. The first-order chi connectivity index (χ1) is 12.2. The van der Waals surface area contributed by atoms with Crippen LogP contribution in [0.3, 0.4) is 0 Å². The molecule has 27 heavy (non-hydrogen) atoms. The molecule has 0 N–H and O–H groups in total. The molecule has 0 aromatic heterocycles. The molecule has 0 amide bonds. The molecule has 0 aliphatic heterocycles. The number of nitrogens with zero attached hydrogens (tertiary/aromatic N) is 2. The monoisotopic (exact) mass is 386 g/mol. The molecule has 3 heteroatoms. The fourth-order valence-corrected chi connectivity index (χ4v) is 3.57. The van der Waals surface area contributed by atoms with Crippen LogP contribution >= 0.6 is 0 Å². The van der Waals surface area contributed by atoms with E-state index in [9.17, 15) is 0 Å². The summed E-state index contributed by atoms with van der Waals surface area (Å²) in [5.41, 5.74) is 0.173. The molecule has 3 nitrogen and oxygen atoms in total. The van der Waals surface area contributed by atoms with Crippen LogP contribution in [0.1, 0.15) is 86.0 Å². The Bertz CT molecular complexity index is 380. The van der Waals surface area contributed by atoms with Crippen molar-refractivity contribution in [1.29, 1.82) is 0 Å². The van der Waals surface area contributed by atoms with E-state index in [1.54, 1.807) is 0 Å². The molecule has 0 radical (unpaired) electrons. The second-order valence-electron chi connectivity index (χ2n) is 11.5. The normalized spacial score (nSPS) is 14.0. The van der Waals surface area contributed by atoms with Gasteiger partial charge in [0.15, 0.2) is 0 Å².